The van der Waals surface area contributed by atoms with Gasteiger partial charge in [-0.05, 0) is 18.4 Å². The van der Waals surface area contributed by atoms with Crippen molar-refractivity contribution < 1.29 is 4.79 Å². The number of carbonyl (C=O) groups excluding carboxylic acids is 1. The summed E-state index contributed by atoms with van der Waals surface area (Å²) in [4.78, 5) is 13.8. The topological polar surface area (TPSA) is 59.8 Å². The first kappa shape index (κ1) is 12.8. The van der Waals surface area contributed by atoms with Crippen molar-refractivity contribution in [2.75, 3.05) is 0 Å². The zero-order valence-corrected chi connectivity index (χ0v) is 11.3. The van der Waals surface area contributed by atoms with Crippen LogP contribution in [0.25, 0.3) is 0 Å². The summed E-state index contributed by atoms with van der Waals surface area (Å²) in [7, 11) is 0. The predicted molar refractivity (Wildman–Crippen MR) is 74.7 cm³/mol. The van der Waals surface area contributed by atoms with Crippen LogP contribution in [0.1, 0.15) is 30.9 Å². The molecule has 1 aromatic heterocycles. The molecule has 0 saturated heterocycles. The van der Waals surface area contributed by atoms with Crippen LogP contribution in [0, 0.1) is 5.92 Å². The van der Waals surface area contributed by atoms with Crippen molar-refractivity contribution in [1.82, 2.24) is 20.3 Å². The predicted octanol–water partition coefficient (Wildman–Crippen LogP) is 1.94. The minimum absolute atomic E-state index is 0.0864. The molecule has 0 aliphatic heterocycles. The SMILES string of the molecule is O=C(NC(Cn1nccn1)c1ccccc1)C1CCC1. The molecule has 1 saturated carbocycles. The normalized spacial score (nSPS) is 16.4. The molecule has 1 amide bonds. The molecule has 20 heavy (non-hydrogen) atoms. The Kier molecular flexibility index (Phi) is 3.76. The van der Waals surface area contributed by atoms with E-state index in [9.17, 15) is 4.79 Å². The second kappa shape index (κ2) is 5.86. The molecule has 2 aromatic rings. The zero-order chi connectivity index (χ0) is 13.8. The van der Waals surface area contributed by atoms with Gasteiger partial charge in [-0.15, -0.1) is 0 Å². The van der Waals surface area contributed by atoms with Crippen molar-refractivity contribution in [3.05, 3.63) is 48.3 Å². The number of nitrogens with one attached hydrogen (secondary N) is 1. The van der Waals surface area contributed by atoms with Crippen LogP contribution in [0.3, 0.4) is 0 Å². The lowest BCUT2D eigenvalue weighted by molar-refractivity contribution is -0.128. The number of carbonyl (C=O) groups is 1. The van der Waals surface area contributed by atoms with Gasteiger partial charge in [0.1, 0.15) is 0 Å². The maximum atomic E-state index is 12.2. The maximum Gasteiger partial charge on any atom is 0.223 e. The number of benzene rings is 1. The van der Waals surface area contributed by atoms with E-state index in [1.807, 2.05) is 30.3 Å². The summed E-state index contributed by atoms with van der Waals surface area (Å²) in [5.74, 6) is 0.337. The summed E-state index contributed by atoms with van der Waals surface area (Å²) in [6.07, 6.45) is 6.47. The van der Waals surface area contributed by atoms with Crippen molar-refractivity contribution >= 4 is 5.91 Å². The highest BCUT2D eigenvalue weighted by atomic mass is 16.2. The molecule has 3 rings (SSSR count). The van der Waals surface area contributed by atoms with Crippen LogP contribution in [0.2, 0.25) is 0 Å². The second-order valence-corrected chi connectivity index (χ2v) is 5.18. The first-order chi connectivity index (χ1) is 9.83. The molecule has 1 unspecified atom stereocenters. The summed E-state index contributed by atoms with van der Waals surface area (Å²) >= 11 is 0. The molecule has 0 bridgehead atoms. The number of aromatic nitrogens is 3. The minimum Gasteiger partial charge on any atom is -0.347 e. The van der Waals surface area contributed by atoms with Crippen LogP contribution in [-0.2, 0) is 11.3 Å². The number of hydrogen-bond donors (Lipinski definition) is 1. The van der Waals surface area contributed by atoms with Gasteiger partial charge in [-0.3, -0.25) is 4.79 Å². The Morgan fingerprint density at radius 3 is 2.55 bits per heavy atom. The molecule has 104 valence electrons. The van der Waals surface area contributed by atoms with Gasteiger partial charge in [0.2, 0.25) is 5.91 Å². The highest BCUT2D eigenvalue weighted by Gasteiger charge is 2.27. The molecule has 0 radical (unpaired) electrons. The van der Waals surface area contributed by atoms with Gasteiger partial charge in [0.05, 0.1) is 25.0 Å². The molecular formula is C15H18N4O. The molecular weight excluding hydrogens is 252 g/mol. The fourth-order valence-electron chi connectivity index (χ4n) is 2.38. The lowest BCUT2D eigenvalue weighted by atomic mass is 9.84. The summed E-state index contributed by atoms with van der Waals surface area (Å²) in [5, 5.41) is 11.4. The van der Waals surface area contributed by atoms with Gasteiger partial charge in [0, 0.05) is 5.92 Å². The van der Waals surface area contributed by atoms with E-state index in [1.165, 1.54) is 0 Å². The summed E-state index contributed by atoms with van der Waals surface area (Å²) in [5.41, 5.74) is 1.08. The molecule has 1 aliphatic rings. The number of hydrogen-bond acceptors (Lipinski definition) is 3. The van der Waals surface area contributed by atoms with Gasteiger partial charge in [-0.2, -0.15) is 15.0 Å². The molecule has 0 spiro atoms. The van der Waals surface area contributed by atoms with Crippen LogP contribution >= 0.6 is 0 Å². The Labute approximate surface area is 118 Å². The van der Waals surface area contributed by atoms with E-state index < -0.39 is 0 Å². The van der Waals surface area contributed by atoms with Gasteiger partial charge >= 0.3 is 0 Å². The first-order valence-electron chi connectivity index (χ1n) is 7.02. The van der Waals surface area contributed by atoms with Gasteiger partial charge in [0.15, 0.2) is 0 Å². The van der Waals surface area contributed by atoms with Crippen LogP contribution in [-0.4, -0.2) is 20.9 Å². The minimum atomic E-state index is -0.0864. The summed E-state index contributed by atoms with van der Waals surface area (Å²) in [6, 6.07) is 9.89. The average molecular weight is 270 g/mol. The van der Waals surface area contributed by atoms with Crippen molar-refractivity contribution in [2.45, 2.75) is 31.8 Å². The second-order valence-electron chi connectivity index (χ2n) is 5.18. The fraction of sp³-hybridized carbons (Fsp3) is 0.400. The van der Waals surface area contributed by atoms with E-state index in [2.05, 4.69) is 15.5 Å². The Bertz CT molecular complexity index is 549. The Hall–Kier alpha value is -2.17. The van der Waals surface area contributed by atoms with Crippen LogP contribution in [0.5, 0.6) is 0 Å². The molecule has 1 aromatic carbocycles. The largest absolute Gasteiger partial charge is 0.347 e. The van der Waals surface area contributed by atoms with Gasteiger partial charge in [-0.25, -0.2) is 0 Å². The smallest absolute Gasteiger partial charge is 0.223 e. The van der Waals surface area contributed by atoms with E-state index in [-0.39, 0.29) is 17.9 Å². The van der Waals surface area contributed by atoms with E-state index >= 15 is 0 Å². The van der Waals surface area contributed by atoms with Crippen LogP contribution in [0.4, 0.5) is 0 Å². The average Bonchev–Trinajstić information content (AvgIpc) is 2.90. The highest BCUT2D eigenvalue weighted by Crippen LogP contribution is 2.27. The van der Waals surface area contributed by atoms with Gasteiger partial charge < -0.3 is 5.32 Å². The first-order valence-corrected chi connectivity index (χ1v) is 7.02. The van der Waals surface area contributed by atoms with Crippen LogP contribution in [0.15, 0.2) is 42.7 Å². The summed E-state index contributed by atoms with van der Waals surface area (Å²) in [6.45, 7) is 0.551. The molecule has 5 nitrogen and oxygen atoms in total. The molecule has 1 aliphatic carbocycles. The fourth-order valence-corrected chi connectivity index (χ4v) is 2.38. The third-order valence-corrected chi connectivity index (χ3v) is 3.81. The lowest BCUT2D eigenvalue weighted by Gasteiger charge is -2.27. The molecule has 1 heterocycles. The third-order valence-electron chi connectivity index (χ3n) is 3.81. The van der Waals surface area contributed by atoms with Crippen LogP contribution < -0.4 is 5.32 Å². The monoisotopic (exact) mass is 270 g/mol. The van der Waals surface area contributed by atoms with Crippen molar-refractivity contribution in [2.24, 2.45) is 5.92 Å². The molecule has 1 atom stereocenters. The van der Waals surface area contributed by atoms with E-state index in [1.54, 1.807) is 17.2 Å². The van der Waals surface area contributed by atoms with Gasteiger partial charge in [0.25, 0.3) is 0 Å². The summed E-state index contributed by atoms with van der Waals surface area (Å²) < 4.78 is 0. The Morgan fingerprint density at radius 2 is 1.95 bits per heavy atom. The number of rotatable bonds is 5. The zero-order valence-electron chi connectivity index (χ0n) is 11.3. The Morgan fingerprint density at radius 1 is 1.25 bits per heavy atom. The van der Waals surface area contributed by atoms with E-state index in [4.69, 9.17) is 0 Å². The molecule has 1 N–H and O–H groups in total. The molecule has 1 fully saturated rings. The quantitative estimate of drug-likeness (QED) is 0.903. The van der Waals surface area contributed by atoms with Crippen molar-refractivity contribution in [3.8, 4) is 0 Å². The third kappa shape index (κ3) is 2.87. The maximum absolute atomic E-state index is 12.2. The van der Waals surface area contributed by atoms with Crippen molar-refractivity contribution in [3.63, 3.8) is 0 Å². The van der Waals surface area contributed by atoms with Crippen molar-refractivity contribution in [1.29, 1.82) is 0 Å². The lowest BCUT2D eigenvalue weighted by Crippen LogP contribution is -2.38. The Balaban J connectivity index is 1.74. The number of nitrogens with zero attached hydrogens (tertiary/aromatic N) is 3. The van der Waals surface area contributed by atoms with E-state index in [0.29, 0.717) is 6.54 Å². The highest BCUT2D eigenvalue weighted by molar-refractivity contribution is 5.79. The van der Waals surface area contributed by atoms with E-state index in [0.717, 1.165) is 24.8 Å². The molecule has 5 heteroatoms. The van der Waals surface area contributed by atoms with Gasteiger partial charge in [-0.1, -0.05) is 36.8 Å². The standard InChI is InChI=1S/C15H18N4O/c20-15(13-7-4-8-13)18-14(11-19-16-9-10-17-19)12-5-2-1-3-6-12/h1-3,5-6,9-10,13-14H,4,7-8,11H2,(H,18,20). The number of amides is 1.